The lowest BCUT2D eigenvalue weighted by Gasteiger charge is -2.26. The van der Waals surface area contributed by atoms with Crippen molar-refractivity contribution in [2.75, 3.05) is 34.5 Å². The quantitative estimate of drug-likeness (QED) is 0.394. The molecule has 1 unspecified atom stereocenters. The smallest absolute Gasteiger partial charge is 0.290 e. The summed E-state index contributed by atoms with van der Waals surface area (Å²) in [4.78, 5) is 29.2. The summed E-state index contributed by atoms with van der Waals surface area (Å²) in [5.41, 5.74) is 3.13. The summed E-state index contributed by atoms with van der Waals surface area (Å²) in [5.74, 6) is 1.05. The first-order chi connectivity index (χ1) is 17.2. The molecular weight excluding hydrogens is 462 g/mol. The fourth-order valence-electron chi connectivity index (χ4n) is 4.67. The minimum absolute atomic E-state index is 0.0688. The Kier molecular flexibility index (Phi) is 7.26. The Morgan fingerprint density at radius 3 is 2.17 bits per heavy atom. The average Bonchev–Trinajstić information content (AvgIpc) is 3.13. The van der Waals surface area contributed by atoms with Crippen molar-refractivity contribution in [1.82, 2.24) is 4.90 Å². The van der Waals surface area contributed by atoms with Crippen molar-refractivity contribution >= 4 is 16.9 Å². The molecule has 0 saturated heterocycles. The van der Waals surface area contributed by atoms with Crippen LogP contribution < -0.4 is 19.6 Å². The first-order valence-corrected chi connectivity index (χ1v) is 12.0. The van der Waals surface area contributed by atoms with E-state index in [4.69, 9.17) is 23.4 Å². The van der Waals surface area contributed by atoms with Gasteiger partial charge in [-0.2, -0.15) is 0 Å². The van der Waals surface area contributed by atoms with E-state index in [1.54, 1.807) is 17.0 Å². The van der Waals surface area contributed by atoms with Gasteiger partial charge in [0.05, 0.1) is 44.4 Å². The van der Waals surface area contributed by atoms with Crippen LogP contribution >= 0.6 is 0 Å². The van der Waals surface area contributed by atoms with E-state index >= 15 is 0 Å². The zero-order valence-corrected chi connectivity index (χ0v) is 21.9. The van der Waals surface area contributed by atoms with Gasteiger partial charge in [0.1, 0.15) is 5.58 Å². The second-order valence-electron chi connectivity index (χ2n) is 9.24. The van der Waals surface area contributed by atoms with Crippen molar-refractivity contribution < 1.29 is 28.2 Å². The van der Waals surface area contributed by atoms with Gasteiger partial charge in [0.25, 0.3) is 5.91 Å². The first-order valence-electron chi connectivity index (χ1n) is 12.0. The van der Waals surface area contributed by atoms with Crippen LogP contribution in [0.2, 0.25) is 0 Å². The summed E-state index contributed by atoms with van der Waals surface area (Å²) < 4.78 is 28.4. The van der Waals surface area contributed by atoms with Crippen molar-refractivity contribution in [2.45, 2.75) is 46.3 Å². The lowest BCUT2D eigenvalue weighted by molar-refractivity contribution is 0.0593. The standard InChI is InChI=1S/C28H33NO7/c1-15(2)35-10-8-9-29-24(18-13-21(32-5)26(34-7)22(14-18)33-6)23-25(30)19-11-16(3)17(4)12-20(19)36-27(23)28(29)31/h11-15,24H,8-10H2,1-7H3. The van der Waals surface area contributed by atoms with Gasteiger partial charge in [0.15, 0.2) is 16.9 Å². The van der Waals surface area contributed by atoms with Crippen molar-refractivity contribution in [3.05, 3.63) is 62.5 Å². The number of amides is 1. The molecule has 192 valence electrons. The summed E-state index contributed by atoms with van der Waals surface area (Å²) in [7, 11) is 4.59. The van der Waals surface area contributed by atoms with E-state index in [1.807, 2.05) is 39.8 Å². The number of ether oxygens (including phenoxy) is 4. The van der Waals surface area contributed by atoms with Crippen LogP contribution in [0, 0.1) is 13.8 Å². The SMILES string of the molecule is COc1cc(C2c3c(oc4cc(C)c(C)cc4c3=O)C(=O)N2CCCOC(C)C)cc(OC)c1OC. The van der Waals surface area contributed by atoms with Crippen LogP contribution in [0.25, 0.3) is 11.0 Å². The van der Waals surface area contributed by atoms with Crippen molar-refractivity contribution in [3.8, 4) is 17.2 Å². The molecule has 4 rings (SSSR count). The number of aryl methyl sites for hydroxylation is 2. The second-order valence-corrected chi connectivity index (χ2v) is 9.24. The molecule has 1 aliphatic heterocycles. The van der Waals surface area contributed by atoms with Crippen LogP contribution in [-0.2, 0) is 4.74 Å². The van der Waals surface area contributed by atoms with E-state index in [1.165, 1.54) is 21.3 Å². The van der Waals surface area contributed by atoms with Gasteiger partial charge in [-0.1, -0.05) is 0 Å². The molecule has 2 aromatic carbocycles. The molecule has 0 aliphatic carbocycles. The number of fused-ring (bicyclic) bond motifs is 2. The molecule has 2 heterocycles. The molecule has 0 N–H and O–H groups in total. The lowest BCUT2D eigenvalue weighted by Crippen LogP contribution is -2.31. The maximum Gasteiger partial charge on any atom is 0.290 e. The summed E-state index contributed by atoms with van der Waals surface area (Å²) >= 11 is 0. The Balaban J connectivity index is 1.92. The zero-order chi connectivity index (χ0) is 26.1. The molecule has 0 spiro atoms. The highest BCUT2D eigenvalue weighted by atomic mass is 16.5. The largest absolute Gasteiger partial charge is 0.493 e. The maximum atomic E-state index is 13.9. The van der Waals surface area contributed by atoms with Gasteiger partial charge in [-0.25, -0.2) is 0 Å². The van der Waals surface area contributed by atoms with Crippen LogP contribution in [0.1, 0.15) is 59.1 Å². The number of hydrogen-bond acceptors (Lipinski definition) is 7. The predicted molar refractivity (Wildman–Crippen MR) is 137 cm³/mol. The Bertz CT molecular complexity index is 1330. The Labute approximate surface area is 210 Å². The number of methoxy groups -OCH3 is 3. The minimum atomic E-state index is -0.678. The molecule has 1 aliphatic rings. The molecule has 8 heteroatoms. The second kappa shape index (κ2) is 10.2. The van der Waals surface area contributed by atoms with Gasteiger partial charge < -0.3 is 28.3 Å². The van der Waals surface area contributed by atoms with Gasteiger partial charge in [-0.15, -0.1) is 0 Å². The molecule has 0 fully saturated rings. The maximum absolute atomic E-state index is 13.9. The third-order valence-electron chi connectivity index (χ3n) is 6.58. The van der Waals surface area contributed by atoms with Gasteiger partial charge >= 0.3 is 0 Å². The van der Waals surface area contributed by atoms with Crippen LogP contribution in [0.3, 0.4) is 0 Å². The van der Waals surface area contributed by atoms with E-state index in [2.05, 4.69) is 0 Å². The molecule has 1 aromatic heterocycles. The van der Waals surface area contributed by atoms with Crippen molar-refractivity contribution in [3.63, 3.8) is 0 Å². The molecule has 0 bridgehead atoms. The van der Waals surface area contributed by atoms with Gasteiger partial charge in [-0.3, -0.25) is 9.59 Å². The number of nitrogens with zero attached hydrogens (tertiary/aromatic N) is 1. The first kappa shape index (κ1) is 25.6. The number of hydrogen-bond donors (Lipinski definition) is 0. The summed E-state index contributed by atoms with van der Waals surface area (Å²) in [6.45, 7) is 8.70. The Hall–Kier alpha value is -3.52. The van der Waals surface area contributed by atoms with Gasteiger partial charge in [-0.05, 0) is 75.1 Å². The Morgan fingerprint density at radius 1 is 0.944 bits per heavy atom. The highest BCUT2D eigenvalue weighted by Crippen LogP contribution is 2.45. The van der Waals surface area contributed by atoms with E-state index in [-0.39, 0.29) is 23.2 Å². The highest BCUT2D eigenvalue weighted by molar-refractivity contribution is 5.99. The summed E-state index contributed by atoms with van der Waals surface area (Å²) in [5, 5.41) is 0.451. The monoisotopic (exact) mass is 495 g/mol. The third-order valence-corrected chi connectivity index (χ3v) is 6.58. The summed E-state index contributed by atoms with van der Waals surface area (Å²) in [6.07, 6.45) is 0.688. The fraction of sp³-hybridized carbons (Fsp3) is 0.429. The van der Waals surface area contributed by atoms with E-state index in [0.29, 0.717) is 58.9 Å². The number of benzene rings is 2. The topological polar surface area (TPSA) is 87.4 Å². The predicted octanol–water partition coefficient (Wildman–Crippen LogP) is 4.80. The third kappa shape index (κ3) is 4.41. The van der Waals surface area contributed by atoms with Gasteiger partial charge in [0, 0.05) is 13.2 Å². The normalized spacial score (nSPS) is 15.1. The lowest BCUT2D eigenvalue weighted by atomic mass is 9.96. The molecule has 3 aromatic rings. The highest BCUT2D eigenvalue weighted by Gasteiger charge is 2.43. The number of carbonyl (C=O) groups is 1. The molecule has 0 saturated carbocycles. The number of rotatable bonds is 9. The fourth-order valence-corrected chi connectivity index (χ4v) is 4.67. The molecule has 1 amide bonds. The van der Waals surface area contributed by atoms with Crippen LogP contribution in [-0.4, -0.2) is 51.4 Å². The minimum Gasteiger partial charge on any atom is -0.493 e. The van der Waals surface area contributed by atoms with Crippen LogP contribution in [0.15, 0.2) is 33.5 Å². The number of carbonyl (C=O) groups excluding carboxylic acids is 1. The van der Waals surface area contributed by atoms with Crippen LogP contribution in [0.5, 0.6) is 17.2 Å². The average molecular weight is 496 g/mol. The van der Waals surface area contributed by atoms with E-state index in [0.717, 1.165) is 11.1 Å². The molecular formula is C28H33NO7. The van der Waals surface area contributed by atoms with E-state index < -0.39 is 6.04 Å². The molecule has 8 nitrogen and oxygen atoms in total. The van der Waals surface area contributed by atoms with Crippen molar-refractivity contribution in [2.24, 2.45) is 0 Å². The van der Waals surface area contributed by atoms with E-state index in [9.17, 15) is 9.59 Å². The Morgan fingerprint density at radius 2 is 1.58 bits per heavy atom. The molecule has 36 heavy (non-hydrogen) atoms. The molecule has 1 atom stereocenters. The zero-order valence-electron chi connectivity index (χ0n) is 21.9. The van der Waals surface area contributed by atoms with Gasteiger partial charge in [0.2, 0.25) is 11.5 Å². The molecule has 0 radical (unpaired) electrons. The van der Waals surface area contributed by atoms with Crippen molar-refractivity contribution in [1.29, 1.82) is 0 Å². The van der Waals surface area contributed by atoms with Crippen LogP contribution in [0.4, 0.5) is 0 Å². The summed E-state index contributed by atoms with van der Waals surface area (Å²) in [6, 6.07) is 6.51.